The predicted molar refractivity (Wildman–Crippen MR) is 95.8 cm³/mol. The van der Waals surface area contributed by atoms with Gasteiger partial charge < -0.3 is 14.8 Å². The van der Waals surface area contributed by atoms with E-state index in [0.29, 0.717) is 24.3 Å². The number of hydrogen-bond acceptors (Lipinski definition) is 5. The minimum atomic E-state index is -0.0491. The normalized spacial score (nSPS) is 16.8. The lowest BCUT2D eigenvalue weighted by atomic mass is 10.2. The lowest BCUT2D eigenvalue weighted by molar-refractivity contribution is 0.0782. The number of carbonyl (C=O) groups excluding carboxylic acids is 1. The van der Waals surface area contributed by atoms with Crippen molar-refractivity contribution in [3.05, 3.63) is 47.5 Å². The number of amides is 1. The van der Waals surface area contributed by atoms with E-state index in [1.54, 1.807) is 28.4 Å². The molecule has 0 aliphatic carbocycles. The highest BCUT2D eigenvalue weighted by Gasteiger charge is 2.28. The molecule has 8 heteroatoms. The Bertz CT molecular complexity index is 1030. The Kier molecular flexibility index (Phi) is 3.84. The summed E-state index contributed by atoms with van der Waals surface area (Å²) in [5, 5.41) is 16.9. The van der Waals surface area contributed by atoms with Gasteiger partial charge in [0.2, 0.25) is 0 Å². The topological polar surface area (TPSA) is 91.3 Å². The fraction of sp³-hybridized carbons (Fsp3) is 0.333. The molecular formula is C18H19N7O. The third-order valence-electron chi connectivity index (χ3n) is 4.62. The number of carbonyl (C=O) groups is 1. The number of aryl methyl sites for hydroxylation is 2. The van der Waals surface area contributed by atoms with E-state index in [0.717, 1.165) is 23.6 Å². The van der Waals surface area contributed by atoms with Gasteiger partial charge in [-0.15, -0.1) is 5.10 Å². The first-order valence-electron chi connectivity index (χ1n) is 8.49. The fourth-order valence-corrected chi connectivity index (χ4v) is 3.35. The van der Waals surface area contributed by atoms with E-state index >= 15 is 0 Å². The number of anilines is 1. The van der Waals surface area contributed by atoms with Crippen LogP contribution in [0.2, 0.25) is 0 Å². The van der Waals surface area contributed by atoms with Crippen LogP contribution in [0.4, 0.5) is 5.82 Å². The van der Waals surface area contributed by atoms with Crippen molar-refractivity contribution in [2.24, 2.45) is 7.05 Å². The number of rotatable bonds is 3. The number of aromatic nitrogens is 4. The van der Waals surface area contributed by atoms with Crippen LogP contribution in [0.1, 0.15) is 28.2 Å². The fourth-order valence-electron chi connectivity index (χ4n) is 3.35. The lowest BCUT2D eigenvalue weighted by Crippen LogP contribution is -2.32. The van der Waals surface area contributed by atoms with Crippen molar-refractivity contribution in [2.45, 2.75) is 19.4 Å². The van der Waals surface area contributed by atoms with Crippen LogP contribution in [-0.4, -0.2) is 49.1 Å². The summed E-state index contributed by atoms with van der Waals surface area (Å²) >= 11 is 0. The summed E-state index contributed by atoms with van der Waals surface area (Å²) in [6.45, 7) is 3.22. The van der Waals surface area contributed by atoms with E-state index < -0.39 is 0 Å². The van der Waals surface area contributed by atoms with Crippen LogP contribution in [0.25, 0.3) is 5.65 Å². The SMILES string of the molecule is Cc1cn2nc(NC3CCN(C(=O)c4cc(C#N)cn4C)C3)ccc2n1. The molecule has 26 heavy (non-hydrogen) atoms. The van der Waals surface area contributed by atoms with E-state index in [4.69, 9.17) is 5.26 Å². The van der Waals surface area contributed by atoms with Crippen molar-refractivity contribution < 1.29 is 4.79 Å². The second-order valence-electron chi connectivity index (χ2n) is 6.62. The third-order valence-corrected chi connectivity index (χ3v) is 4.62. The van der Waals surface area contributed by atoms with E-state index in [9.17, 15) is 4.79 Å². The minimum Gasteiger partial charge on any atom is -0.364 e. The first kappa shape index (κ1) is 16.1. The van der Waals surface area contributed by atoms with Gasteiger partial charge in [0.15, 0.2) is 5.65 Å². The highest BCUT2D eigenvalue weighted by molar-refractivity contribution is 5.93. The molecule has 0 spiro atoms. The van der Waals surface area contributed by atoms with E-state index in [1.807, 2.05) is 30.2 Å². The van der Waals surface area contributed by atoms with E-state index in [2.05, 4.69) is 21.5 Å². The predicted octanol–water partition coefficient (Wildman–Crippen LogP) is 1.57. The molecule has 1 atom stereocenters. The second-order valence-corrected chi connectivity index (χ2v) is 6.62. The molecule has 0 saturated carbocycles. The van der Waals surface area contributed by atoms with Gasteiger partial charge in [0.05, 0.1) is 17.5 Å². The number of nitrogens with zero attached hydrogens (tertiary/aromatic N) is 6. The molecule has 1 unspecified atom stereocenters. The van der Waals surface area contributed by atoms with E-state index in [-0.39, 0.29) is 11.9 Å². The summed E-state index contributed by atoms with van der Waals surface area (Å²) in [6.07, 6.45) is 4.41. The monoisotopic (exact) mass is 349 g/mol. The minimum absolute atomic E-state index is 0.0491. The maximum Gasteiger partial charge on any atom is 0.270 e. The Morgan fingerprint density at radius 1 is 1.38 bits per heavy atom. The van der Waals surface area contributed by atoms with Crippen molar-refractivity contribution in [1.29, 1.82) is 5.26 Å². The molecule has 4 rings (SSSR count). The van der Waals surface area contributed by atoms with Gasteiger partial charge in [-0.05, 0) is 31.5 Å². The molecular weight excluding hydrogens is 330 g/mol. The molecule has 0 bridgehead atoms. The standard InChI is InChI=1S/C18H19N7O/c1-12-9-25-17(20-12)4-3-16(22-25)21-14-5-6-24(11-14)18(26)15-7-13(8-19)10-23(15)2/h3-4,7,9-10,14H,5-6,11H2,1-2H3,(H,21,22). The Balaban J connectivity index is 1.45. The molecule has 1 amide bonds. The zero-order valence-electron chi connectivity index (χ0n) is 14.7. The summed E-state index contributed by atoms with van der Waals surface area (Å²) in [6, 6.07) is 7.68. The van der Waals surface area contributed by atoms with Gasteiger partial charge in [-0.3, -0.25) is 4.79 Å². The van der Waals surface area contributed by atoms with Gasteiger partial charge in [-0.1, -0.05) is 0 Å². The largest absolute Gasteiger partial charge is 0.364 e. The Morgan fingerprint density at radius 3 is 3.00 bits per heavy atom. The van der Waals surface area contributed by atoms with Gasteiger partial charge in [-0.2, -0.15) is 5.26 Å². The first-order valence-corrected chi connectivity index (χ1v) is 8.49. The highest BCUT2D eigenvalue weighted by atomic mass is 16.2. The lowest BCUT2D eigenvalue weighted by Gasteiger charge is -2.17. The van der Waals surface area contributed by atoms with Crippen LogP contribution in [0.5, 0.6) is 0 Å². The van der Waals surface area contributed by atoms with Crippen LogP contribution < -0.4 is 5.32 Å². The molecule has 1 aliphatic heterocycles. The number of hydrogen-bond donors (Lipinski definition) is 1. The van der Waals surface area contributed by atoms with Crippen molar-refractivity contribution in [2.75, 3.05) is 18.4 Å². The summed E-state index contributed by atoms with van der Waals surface area (Å²) in [5.74, 6) is 0.715. The molecule has 1 N–H and O–H groups in total. The summed E-state index contributed by atoms with van der Waals surface area (Å²) in [4.78, 5) is 18.9. The van der Waals surface area contributed by atoms with Crippen LogP contribution in [0, 0.1) is 18.3 Å². The van der Waals surface area contributed by atoms with Crippen molar-refractivity contribution in [3.63, 3.8) is 0 Å². The number of nitriles is 1. The maximum absolute atomic E-state index is 12.7. The maximum atomic E-state index is 12.7. The first-order chi connectivity index (χ1) is 12.5. The van der Waals surface area contributed by atoms with Crippen molar-refractivity contribution in [1.82, 2.24) is 24.1 Å². The number of imidazole rings is 1. The second kappa shape index (κ2) is 6.19. The molecule has 1 aliphatic rings. The zero-order valence-corrected chi connectivity index (χ0v) is 14.7. The molecule has 0 radical (unpaired) electrons. The van der Waals surface area contributed by atoms with Gasteiger partial charge in [0, 0.05) is 32.4 Å². The smallest absolute Gasteiger partial charge is 0.270 e. The molecule has 1 fully saturated rings. The summed E-state index contributed by atoms with van der Waals surface area (Å²) in [7, 11) is 1.78. The Labute approximate surface area is 150 Å². The molecule has 132 valence electrons. The third kappa shape index (κ3) is 2.88. The highest BCUT2D eigenvalue weighted by Crippen LogP contribution is 2.18. The molecule has 0 aromatic carbocycles. The van der Waals surface area contributed by atoms with Crippen LogP contribution in [0.3, 0.4) is 0 Å². The van der Waals surface area contributed by atoms with Gasteiger partial charge in [0.25, 0.3) is 5.91 Å². The van der Waals surface area contributed by atoms with Gasteiger partial charge in [-0.25, -0.2) is 9.50 Å². The van der Waals surface area contributed by atoms with Crippen LogP contribution in [-0.2, 0) is 7.05 Å². The van der Waals surface area contributed by atoms with Crippen molar-refractivity contribution >= 4 is 17.4 Å². The average molecular weight is 349 g/mol. The average Bonchev–Trinajstić information content (AvgIpc) is 3.31. The molecule has 4 heterocycles. The Morgan fingerprint density at radius 2 is 2.23 bits per heavy atom. The van der Waals surface area contributed by atoms with E-state index in [1.165, 1.54) is 0 Å². The van der Waals surface area contributed by atoms with Crippen molar-refractivity contribution in [3.8, 4) is 6.07 Å². The van der Waals surface area contributed by atoms with Crippen LogP contribution >= 0.6 is 0 Å². The van der Waals surface area contributed by atoms with Crippen LogP contribution in [0.15, 0.2) is 30.6 Å². The molecule has 8 nitrogen and oxygen atoms in total. The summed E-state index contributed by atoms with van der Waals surface area (Å²) < 4.78 is 3.46. The number of nitrogens with one attached hydrogen (secondary N) is 1. The molecule has 3 aromatic heterocycles. The van der Waals surface area contributed by atoms with Gasteiger partial charge in [0.1, 0.15) is 17.6 Å². The molecule has 3 aromatic rings. The zero-order chi connectivity index (χ0) is 18.3. The summed E-state index contributed by atoms with van der Waals surface area (Å²) in [5.41, 5.74) is 2.77. The Hall–Kier alpha value is -3.34. The molecule has 1 saturated heterocycles. The number of likely N-dealkylation sites (tertiary alicyclic amines) is 1. The quantitative estimate of drug-likeness (QED) is 0.775. The van der Waals surface area contributed by atoms with Gasteiger partial charge >= 0.3 is 0 Å². The number of fused-ring (bicyclic) bond motifs is 1.